The van der Waals surface area contributed by atoms with E-state index in [1.165, 1.54) is 18.2 Å². The molecule has 0 fully saturated rings. The van der Waals surface area contributed by atoms with Crippen LogP contribution in [0, 0.1) is 10.1 Å². The summed E-state index contributed by atoms with van der Waals surface area (Å²) in [6.07, 6.45) is 0. The number of nitro groups is 1. The number of nitrogens with zero attached hydrogens (tertiary/aromatic N) is 1. The van der Waals surface area contributed by atoms with Gasteiger partial charge in [0.15, 0.2) is 0 Å². The Morgan fingerprint density at radius 2 is 2.20 bits per heavy atom. The van der Waals surface area contributed by atoms with Crippen molar-refractivity contribution >= 4 is 34.6 Å². The standard InChI is InChI=1S/C12H8ClNO5S/c13-9-5-8(1-2-10(9)14(17)18)19-6-7-3-4-20-11(7)12(15)16/h1-5H,6H2,(H,15,16). The van der Waals surface area contributed by atoms with Crippen LogP contribution in [-0.4, -0.2) is 16.0 Å². The largest absolute Gasteiger partial charge is 0.489 e. The van der Waals surface area contributed by atoms with E-state index in [1.54, 1.807) is 11.4 Å². The summed E-state index contributed by atoms with van der Waals surface area (Å²) in [4.78, 5) is 21.2. The lowest BCUT2D eigenvalue weighted by atomic mass is 10.2. The fraction of sp³-hybridized carbons (Fsp3) is 0.0833. The van der Waals surface area contributed by atoms with Gasteiger partial charge >= 0.3 is 5.97 Å². The number of aromatic carboxylic acids is 1. The highest BCUT2D eigenvalue weighted by molar-refractivity contribution is 7.12. The molecule has 0 amide bonds. The predicted octanol–water partition coefficient (Wildman–Crippen LogP) is 3.59. The number of benzene rings is 1. The van der Waals surface area contributed by atoms with Crippen LogP contribution in [0.1, 0.15) is 15.2 Å². The molecule has 0 saturated carbocycles. The summed E-state index contributed by atoms with van der Waals surface area (Å²) in [6.45, 7) is 0.0548. The molecule has 2 aromatic rings. The van der Waals surface area contributed by atoms with Crippen LogP contribution in [0.15, 0.2) is 29.6 Å². The van der Waals surface area contributed by atoms with Crippen LogP contribution in [-0.2, 0) is 6.61 Å². The van der Waals surface area contributed by atoms with Gasteiger partial charge in [-0.05, 0) is 17.5 Å². The lowest BCUT2D eigenvalue weighted by Crippen LogP contribution is -2.01. The fourth-order valence-electron chi connectivity index (χ4n) is 1.52. The summed E-state index contributed by atoms with van der Waals surface area (Å²) in [5.74, 6) is -0.677. The van der Waals surface area contributed by atoms with E-state index >= 15 is 0 Å². The molecule has 0 saturated heterocycles. The second-order valence-corrected chi connectivity index (χ2v) is 5.06. The first-order chi connectivity index (χ1) is 9.49. The first kappa shape index (κ1) is 14.3. The zero-order valence-corrected chi connectivity index (χ0v) is 11.5. The molecule has 1 aromatic carbocycles. The van der Waals surface area contributed by atoms with Crippen molar-refractivity contribution in [2.75, 3.05) is 0 Å². The monoisotopic (exact) mass is 313 g/mol. The van der Waals surface area contributed by atoms with Gasteiger partial charge in [-0.2, -0.15) is 0 Å². The van der Waals surface area contributed by atoms with Crippen molar-refractivity contribution in [3.8, 4) is 5.75 Å². The molecule has 1 N–H and O–H groups in total. The van der Waals surface area contributed by atoms with Crippen LogP contribution in [0.3, 0.4) is 0 Å². The molecular weight excluding hydrogens is 306 g/mol. The van der Waals surface area contributed by atoms with Gasteiger partial charge in [-0.3, -0.25) is 10.1 Å². The molecule has 0 spiro atoms. The van der Waals surface area contributed by atoms with Gasteiger partial charge < -0.3 is 9.84 Å². The number of hydrogen-bond acceptors (Lipinski definition) is 5. The molecular formula is C12H8ClNO5S. The maximum atomic E-state index is 10.9. The van der Waals surface area contributed by atoms with E-state index in [1.807, 2.05) is 0 Å². The van der Waals surface area contributed by atoms with Crippen molar-refractivity contribution in [3.05, 3.63) is 55.2 Å². The Bertz CT molecular complexity index is 670. The van der Waals surface area contributed by atoms with Crippen LogP contribution in [0.5, 0.6) is 5.75 Å². The molecule has 8 heteroatoms. The Morgan fingerprint density at radius 3 is 2.80 bits per heavy atom. The number of ether oxygens (including phenoxy) is 1. The van der Waals surface area contributed by atoms with Gasteiger partial charge in [0.2, 0.25) is 0 Å². The Labute approximate surface area is 122 Å². The minimum atomic E-state index is -1.01. The third-order valence-electron chi connectivity index (χ3n) is 2.45. The minimum absolute atomic E-state index is 0.0312. The van der Waals surface area contributed by atoms with E-state index in [9.17, 15) is 14.9 Å². The number of carboxylic acids is 1. The average molecular weight is 314 g/mol. The molecule has 20 heavy (non-hydrogen) atoms. The lowest BCUT2D eigenvalue weighted by Gasteiger charge is -2.06. The first-order valence-corrected chi connectivity index (χ1v) is 6.61. The molecule has 0 aliphatic rings. The van der Waals surface area contributed by atoms with Crippen LogP contribution in [0.2, 0.25) is 5.02 Å². The zero-order chi connectivity index (χ0) is 14.7. The molecule has 0 aliphatic carbocycles. The van der Waals surface area contributed by atoms with Crippen LogP contribution >= 0.6 is 22.9 Å². The number of rotatable bonds is 5. The number of nitro benzene ring substituents is 1. The third kappa shape index (κ3) is 3.06. The van der Waals surface area contributed by atoms with Crippen LogP contribution < -0.4 is 4.74 Å². The van der Waals surface area contributed by atoms with Crippen LogP contribution in [0.4, 0.5) is 5.69 Å². The lowest BCUT2D eigenvalue weighted by molar-refractivity contribution is -0.384. The summed E-state index contributed by atoms with van der Waals surface area (Å²) in [6, 6.07) is 5.63. The molecule has 2 rings (SSSR count). The summed E-state index contributed by atoms with van der Waals surface area (Å²) in [7, 11) is 0. The molecule has 1 heterocycles. The van der Waals surface area contributed by atoms with Crippen molar-refractivity contribution in [3.63, 3.8) is 0 Å². The normalized spacial score (nSPS) is 10.2. The maximum Gasteiger partial charge on any atom is 0.346 e. The van der Waals surface area contributed by atoms with E-state index in [0.717, 1.165) is 11.3 Å². The molecule has 0 unspecified atom stereocenters. The summed E-state index contributed by atoms with van der Waals surface area (Å²) >= 11 is 6.86. The Hall–Kier alpha value is -2.12. The first-order valence-electron chi connectivity index (χ1n) is 5.35. The number of carboxylic acid groups (broad SMARTS) is 1. The SMILES string of the molecule is O=C(O)c1sccc1COc1ccc([N+](=O)[O-])c(Cl)c1. The molecule has 0 radical (unpaired) electrons. The Balaban J connectivity index is 2.11. The van der Waals surface area contributed by atoms with E-state index < -0.39 is 10.9 Å². The van der Waals surface area contributed by atoms with Crippen molar-refractivity contribution in [1.82, 2.24) is 0 Å². The van der Waals surface area contributed by atoms with Gasteiger partial charge in [-0.1, -0.05) is 11.6 Å². The van der Waals surface area contributed by atoms with Gasteiger partial charge in [0.25, 0.3) is 5.69 Å². The smallest absolute Gasteiger partial charge is 0.346 e. The molecule has 6 nitrogen and oxygen atoms in total. The van der Waals surface area contributed by atoms with Gasteiger partial charge in [0.1, 0.15) is 22.3 Å². The highest BCUT2D eigenvalue weighted by atomic mass is 35.5. The highest BCUT2D eigenvalue weighted by Gasteiger charge is 2.14. The van der Waals surface area contributed by atoms with Crippen molar-refractivity contribution < 1.29 is 19.6 Å². The maximum absolute atomic E-state index is 10.9. The molecule has 1 aromatic heterocycles. The molecule has 0 aliphatic heterocycles. The van der Waals surface area contributed by atoms with Crippen molar-refractivity contribution in [1.29, 1.82) is 0 Å². The van der Waals surface area contributed by atoms with Crippen LogP contribution in [0.25, 0.3) is 0 Å². The van der Waals surface area contributed by atoms with Gasteiger partial charge in [0.05, 0.1) is 4.92 Å². The van der Waals surface area contributed by atoms with Crippen molar-refractivity contribution in [2.24, 2.45) is 0 Å². The number of thiophene rings is 1. The zero-order valence-electron chi connectivity index (χ0n) is 9.91. The summed E-state index contributed by atoms with van der Waals surface area (Å²) in [5, 5.41) is 21.2. The quantitative estimate of drug-likeness (QED) is 0.673. The average Bonchev–Trinajstić information content (AvgIpc) is 2.84. The van der Waals surface area contributed by atoms with Gasteiger partial charge in [-0.15, -0.1) is 11.3 Å². The predicted molar refractivity (Wildman–Crippen MR) is 73.7 cm³/mol. The minimum Gasteiger partial charge on any atom is -0.489 e. The second-order valence-electron chi connectivity index (χ2n) is 3.74. The van der Waals surface area contributed by atoms with E-state index in [2.05, 4.69) is 0 Å². The topological polar surface area (TPSA) is 89.7 Å². The van der Waals surface area contributed by atoms with E-state index in [-0.39, 0.29) is 22.2 Å². The summed E-state index contributed by atoms with van der Waals surface area (Å²) in [5.41, 5.74) is 0.331. The van der Waals surface area contributed by atoms with Gasteiger partial charge in [0, 0.05) is 17.7 Å². The van der Waals surface area contributed by atoms with Crippen molar-refractivity contribution in [2.45, 2.75) is 6.61 Å². The number of hydrogen-bond donors (Lipinski definition) is 1. The third-order valence-corrected chi connectivity index (χ3v) is 3.70. The Morgan fingerprint density at radius 1 is 1.45 bits per heavy atom. The number of halogens is 1. The Kier molecular flexibility index (Phi) is 4.21. The molecule has 0 atom stereocenters. The van der Waals surface area contributed by atoms with E-state index in [0.29, 0.717) is 11.3 Å². The second kappa shape index (κ2) is 5.89. The highest BCUT2D eigenvalue weighted by Crippen LogP contribution is 2.29. The van der Waals surface area contributed by atoms with E-state index in [4.69, 9.17) is 21.4 Å². The summed E-state index contributed by atoms with van der Waals surface area (Å²) < 4.78 is 5.39. The fourth-order valence-corrected chi connectivity index (χ4v) is 2.51. The number of carbonyl (C=O) groups is 1. The molecule has 0 bridgehead atoms. The molecule has 104 valence electrons. The van der Waals surface area contributed by atoms with Gasteiger partial charge in [-0.25, -0.2) is 4.79 Å².